The molecule has 1 fully saturated rings. The standard InChI is InChI=1S/C11H20FNO4S/c1-11(2,3)17-10(14)13-8-4-6-9(7-5-8)18(12,15)16/h8-9H,4-7H2,1-3H3,(H,13,14). The van der Waals surface area contributed by atoms with Gasteiger partial charge in [-0.05, 0) is 46.5 Å². The zero-order valence-corrected chi connectivity index (χ0v) is 11.7. The number of halogens is 1. The molecule has 0 aromatic carbocycles. The Bertz CT molecular complexity index is 394. The first kappa shape index (κ1) is 15.2. The van der Waals surface area contributed by atoms with Crippen molar-refractivity contribution in [1.29, 1.82) is 0 Å². The fraction of sp³-hybridized carbons (Fsp3) is 0.909. The molecule has 0 aliphatic heterocycles. The second-order valence-corrected chi connectivity index (χ2v) is 7.21. The van der Waals surface area contributed by atoms with Crippen LogP contribution in [0.2, 0.25) is 0 Å². The number of hydrogen-bond donors (Lipinski definition) is 1. The molecule has 0 aromatic rings. The third kappa shape index (κ3) is 5.20. The van der Waals surface area contributed by atoms with Crippen LogP contribution >= 0.6 is 0 Å². The zero-order valence-electron chi connectivity index (χ0n) is 10.9. The SMILES string of the molecule is CC(C)(C)OC(=O)NC1CCC(S(=O)(=O)F)CC1. The van der Waals surface area contributed by atoms with Gasteiger partial charge in [-0.15, -0.1) is 3.89 Å². The highest BCUT2D eigenvalue weighted by molar-refractivity contribution is 7.87. The summed E-state index contributed by atoms with van der Waals surface area (Å²) in [5, 5.41) is 1.75. The molecule has 106 valence electrons. The molecule has 1 aliphatic carbocycles. The number of carbonyl (C=O) groups is 1. The van der Waals surface area contributed by atoms with Gasteiger partial charge in [-0.25, -0.2) is 4.79 Å². The summed E-state index contributed by atoms with van der Waals surface area (Å²) < 4.78 is 39.3. The van der Waals surface area contributed by atoms with E-state index in [9.17, 15) is 17.1 Å². The van der Waals surface area contributed by atoms with E-state index in [1.165, 1.54) is 0 Å². The largest absolute Gasteiger partial charge is 0.444 e. The highest BCUT2D eigenvalue weighted by atomic mass is 32.3. The second-order valence-electron chi connectivity index (χ2n) is 5.60. The van der Waals surface area contributed by atoms with Crippen molar-refractivity contribution in [2.75, 3.05) is 0 Å². The second kappa shape index (κ2) is 5.42. The molecule has 0 radical (unpaired) electrons. The van der Waals surface area contributed by atoms with Gasteiger partial charge in [0.2, 0.25) is 0 Å². The molecule has 7 heteroatoms. The lowest BCUT2D eigenvalue weighted by Gasteiger charge is -2.28. The number of rotatable bonds is 2. The summed E-state index contributed by atoms with van der Waals surface area (Å²) in [6.07, 6.45) is 0.854. The van der Waals surface area contributed by atoms with Crippen LogP contribution in [0.3, 0.4) is 0 Å². The average molecular weight is 281 g/mol. The third-order valence-electron chi connectivity index (χ3n) is 2.79. The van der Waals surface area contributed by atoms with Crippen LogP contribution in [-0.2, 0) is 15.0 Å². The maximum Gasteiger partial charge on any atom is 0.407 e. The fourth-order valence-corrected chi connectivity index (χ4v) is 2.80. The molecule has 0 atom stereocenters. The Morgan fingerprint density at radius 3 is 2.11 bits per heavy atom. The van der Waals surface area contributed by atoms with Crippen LogP contribution < -0.4 is 5.32 Å². The molecule has 0 heterocycles. The van der Waals surface area contributed by atoms with Gasteiger partial charge < -0.3 is 10.1 Å². The van der Waals surface area contributed by atoms with Crippen LogP contribution in [0.5, 0.6) is 0 Å². The van der Waals surface area contributed by atoms with Crippen molar-refractivity contribution >= 4 is 16.3 Å². The summed E-state index contributed by atoms with van der Waals surface area (Å²) in [5.74, 6) is 0. The van der Waals surface area contributed by atoms with E-state index in [2.05, 4.69) is 5.32 Å². The molecule has 0 unspecified atom stereocenters. The summed E-state index contributed by atoms with van der Waals surface area (Å²) in [5.41, 5.74) is -0.566. The van der Waals surface area contributed by atoms with Crippen molar-refractivity contribution in [3.8, 4) is 0 Å². The van der Waals surface area contributed by atoms with Crippen LogP contribution in [-0.4, -0.2) is 31.4 Å². The molecular formula is C11H20FNO4S. The Balaban J connectivity index is 2.38. The predicted octanol–water partition coefficient (Wildman–Crippen LogP) is 2.12. The van der Waals surface area contributed by atoms with E-state index < -0.39 is 27.2 Å². The lowest BCUT2D eigenvalue weighted by molar-refractivity contribution is 0.0493. The molecule has 1 N–H and O–H groups in total. The van der Waals surface area contributed by atoms with Crippen LogP contribution in [0.25, 0.3) is 0 Å². The van der Waals surface area contributed by atoms with Crippen molar-refractivity contribution in [1.82, 2.24) is 5.32 Å². The first-order valence-corrected chi connectivity index (χ1v) is 7.45. The van der Waals surface area contributed by atoms with Crippen LogP contribution in [0, 0.1) is 0 Å². The monoisotopic (exact) mass is 281 g/mol. The number of hydrogen-bond acceptors (Lipinski definition) is 4. The Morgan fingerprint density at radius 2 is 1.72 bits per heavy atom. The maximum absolute atomic E-state index is 12.7. The first-order valence-electron chi connectivity index (χ1n) is 6.01. The molecule has 0 saturated heterocycles. The lowest BCUT2D eigenvalue weighted by atomic mass is 9.95. The number of alkyl carbamates (subject to hydrolysis) is 1. The minimum atomic E-state index is -4.45. The van der Waals surface area contributed by atoms with Gasteiger partial charge in [0, 0.05) is 6.04 Å². The molecule has 5 nitrogen and oxygen atoms in total. The molecular weight excluding hydrogens is 261 g/mol. The zero-order chi connectivity index (χ0) is 14.0. The molecule has 0 aromatic heterocycles. The maximum atomic E-state index is 12.7. The molecule has 1 saturated carbocycles. The van der Waals surface area contributed by atoms with Crippen LogP contribution in [0.4, 0.5) is 8.68 Å². The Hall–Kier alpha value is -0.850. The number of carbonyl (C=O) groups excluding carboxylic acids is 1. The van der Waals surface area contributed by atoms with E-state index in [1.54, 1.807) is 20.8 Å². The third-order valence-corrected chi connectivity index (χ3v) is 4.06. The predicted molar refractivity (Wildman–Crippen MR) is 65.4 cm³/mol. The Labute approximate surface area is 107 Å². The summed E-state index contributed by atoms with van der Waals surface area (Å²) in [4.78, 5) is 11.5. The number of ether oxygens (including phenoxy) is 1. The van der Waals surface area contributed by atoms with Gasteiger partial charge in [0.15, 0.2) is 0 Å². The molecule has 1 aliphatic rings. The first-order chi connectivity index (χ1) is 8.08. The van der Waals surface area contributed by atoms with Crippen LogP contribution in [0.1, 0.15) is 46.5 Å². The van der Waals surface area contributed by atoms with Gasteiger partial charge in [0.1, 0.15) is 5.60 Å². The topological polar surface area (TPSA) is 72.5 Å². The number of amides is 1. The van der Waals surface area contributed by atoms with E-state index >= 15 is 0 Å². The highest BCUT2D eigenvalue weighted by Gasteiger charge is 2.31. The van der Waals surface area contributed by atoms with Gasteiger partial charge in [0.05, 0.1) is 5.25 Å². The smallest absolute Gasteiger partial charge is 0.407 e. The van der Waals surface area contributed by atoms with E-state index in [4.69, 9.17) is 4.74 Å². The fourth-order valence-electron chi connectivity index (χ4n) is 1.96. The van der Waals surface area contributed by atoms with Gasteiger partial charge in [0.25, 0.3) is 0 Å². The summed E-state index contributed by atoms with van der Waals surface area (Å²) in [6, 6.07) is -0.141. The van der Waals surface area contributed by atoms with Gasteiger partial charge in [-0.1, -0.05) is 0 Å². The molecule has 0 bridgehead atoms. The van der Waals surface area contributed by atoms with E-state index in [0.717, 1.165) is 0 Å². The average Bonchev–Trinajstić information content (AvgIpc) is 2.13. The normalized spacial score (nSPS) is 25.6. The van der Waals surface area contributed by atoms with Gasteiger partial charge >= 0.3 is 16.3 Å². The molecule has 18 heavy (non-hydrogen) atoms. The van der Waals surface area contributed by atoms with Crippen molar-refractivity contribution < 1.29 is 21.8 Å². The van der Waals surface area contributed by atoms with E-state index in [0.29, 0.717) is 12.8 Å². The highest BCUT2D eigenvalue weighted by Crippen LogP contribution is 2.25. The Kier molecular flexibility index (Phi) is 4.58. The molecule has 1 rings (SSSR count). The van der Waals surface area contributed by atoms with Crippen molar-refractivity contribution in [3.05, 3.63) is 0 Å². The summed E-state index contributed by atoms with van der Waals surface area (Å²) in [6.45, 7) is 5.29. The van der Waals surface area contributed by atoms with Crippen molar-refractivity contribution in [2.45, 2.75) is 63.3 Å². The number of nitrogens with one attached hydrogen (secondary N) is 1. The van der Waals surface area contributed by atoms with E-state index in [1.807, 2.05) is 0 Å². The Morgan fingerprint density at radius 1 is 1.22 bits per heavy atom. The van der Waals surface area contributed by atoms with Gasteiger partial charge in [-0.2, -0.15) is 8.42 Å². The van der Waals surface area contributed by atoms with Crippen LogP contribution in [0.15, 0.2) is 0 Å². The van der Waals surface area contributed by atoms with Gasteiger partial charge in [-0.3, -0.25) is 0 Å². The summed E-state index contributed by atoms with van der Waals surface area (Å²) in [7, 11) is -4.45. The summed E-state index contributed by atoms with van der Waals surface area (Å²) >= 11 is 0. The van der Waals surface area contributed by atoms with Crippen molar-refractivity contribution in [2.24, 2.45) is 0 Å². The van der Waals surface area contributed by atoms with E-state index in [-0.39, 0.29) is 18.9 Å². The quantitative estimate of drug-likeness (QED) is 0.787. The minimum absolute atomic E-state index is 0.141. The van der Waals surface area contributed by atoms with Crippen molar-refractivity contribution in [3.63, 3.8) is 0 Å². The lowest BCUT2D eigenvalue weighted by Crippen LogP contribution is -2.42. The molecule has 0 spiro atoms. The minimum Gasteiger partial charge on any atom is -0.444 e. The molecule has 1 amide bonds.